The van der Waals surface area contributed by atoms with Crippen LogP contribution in [-0.4, -0.2) is 15.0 Å². The molecule has 0 aliphatic carbocycles. The van der Waals surface area contributed by atoms with Crippen molar-refractivity contribution in [2.75, 3.05) is 0 Å². The minimum Gasteiger partial charge on any atom is -0.481 e. The van der Waals surface area contributed by atoms with Crippen LogP contribution in [0.3, 0.4) is 0 Å². The Bertz CT molecular complexity index is 357. The van der Waals surface area contributed by atoms with E-state index in [-0.39, 0.29) is 12.0 Å². The highest BCUT2D eigenvalue weighted by molar-refractivity contribution is 7.11. The number of hydrogen-bond donors (Lipinski definition) is 1. The van der Waals surface area contributed by atoms with Gasteiger partial charge in [0.2, 0.25) is 0 Å². The molecule has 0 aliphatic rings. The van der Waals surface area contributed by atoms with E-state index in [4.69, 9.17) is 16.7 Å². The highest BCUT2D eigenvalue weighted by Crippen LogP contribution is 2.12. The van der Waals surface area contributed by atoms with Crippen LogP contribution in [0.5, 0.6) is 0 Å². The number of rotatable bonds is 4. The van der Waals surface area contributed by atoms with Crippen molar-refractivity contribution >= 4 is 29.1 Å². The van der Waals surface area contributed by atoms with Crippen LogP contribution in [0.2, 0.25) is 4.34 Å². The third-order valence-corrected chi connectivity index (χ3v) is 2.62. The molecule has 1 heterocycles. The van der Waals surface area contributed by atoms with E-state index in [0.717, 1.165) is 11.5 Å². The molecule has 0 spiro atoms. The van der Waals surface area contributed by atoms with Gasteiger partial charge in [0.1, 0.15) is 4.34 Å². The van der Waals surface area contributed by atoms with Crippen LogP contribution in [-0.2, 0) is 11.3 Å². The summed E-state index contributed by atoms with van der Waals surface area (Å²) in [5, 5.41) is 8.36. The van der Waals surface area contributed by atoms with Gasteiger partial charge < -0.3 is 5.11 Å². The molecule has 1 aromatic rings. The van der Waals surface area contributed by atoms with Crippen molar-refractivity contribution in [1.29, 1.82) is 0 Å². The number of aryl methyl sites for hydroxylation is 1. The van der Waals surface area contributed by atoms with E-state index in [1.54, 1.807) is 0 Å². The largest absolute Gasteiger partial charge is 0.481 e. The molecule has 6 heteroatoms. The van der Waals surface area contributed by atoms with Gasteiger partial charge in [0, 0.05) is 19.0 Å². The van der Waals surface area contributed by atoms with Crippen molar-refractivity contribution in [3.05, 3.63) is 20.8 Å². The summed E-state index contributed by atoms with van der Waals surface area (Å²) in [5.41, 5.74) is -0.166. The molecular weight excluding hydrogens is 214 g/mol. The SMILES string of the molecule is O=C(O)CCCn1sc(Cl)cc1=O. The summed E-state index contributed by atoms with van der Waals surface area (Å²) in [6.45, 7) is 0.419. The number of hydrogen-bond acceptors (Lipinski definition) is 3. The van der Waals surface area contributed by atoms with Gasteiger partial charge in [-0.25, -0.2) is 0 Å². The van der Waals surface area contributed by atoms with Crippen molar-refractivity contribution < 1.29 is 9.90 Å². The first-order valence-corrected chi connectivity index (χ1v) is 4.83. The lowest BCUT2D eigenvalue weighted by Gasteiger charge is -1.96. The monoisotopic (exact) mass is 221 g/mol. The number of aliphatic carboxylic acids is 1. The molecule has 0 saturated carbocycles. The minimum atomic E-state index is -0.851. The van der Waals surface area contributed by atoms with E-state index < -0.39 is 5.97 Å². The van der Waals surface area contributed by atoms with Gasteiger partial charge in [-0.15, -0.1) is 0 Å². The lowest BCUT2D eigenvalue weighted by molar-refractivity contribution is -0.137. The van der Waals surface area contributed by atoms with Gasteiger partial charge in [-0.05, 0) is 18.0 Å². The molecule has 0 radical (unpaired) electrons. The van der Waals surface area contributed by atoms with E-state index in [0.29, 0.717) is 17.3 Å². The van der Waals surface area contributed by atoms with Gasteiger partial charge in [-0.1, -0.05) is 11.6 Å². The van der Waals surface area contributed by atoms with Crippen molar-refractivity contribution in [2.45, 2.75) is 19.4 Å². The summed E-state index contributed by atoms with van der Waals surface area (Å²) >= 11 is 6.73. The highest BCUT2D eigenvalue weighted by Gasteiger charge is 2.02. The summed E-state index contributed by atoms with van der Waals surface area (Å²) in [4.78, 5) is 21.2. The van der Waals surface area contributed by atoms with Gasteiger partial charge >= 0.3 is 5.97 Å². The van der Waals surface area contributed by atoms with Crippen molar-refractivity contribution in [1.82, 2.24) is 3.96 Å². The smallest absolute Gasteiger partial charge is 0.303 e. The van der Waals surface area contributed by atoms with E-state index in [1.807, 2.05) is 0 Å². The number of carboxylic acid groups (broad SMARTS) is 1. The fraction of sp³-hybridized carbons (Fsp3) is 0.429. The number of halogens is 1. The third kappa shape index (κ3) is 3.20. The Morgan fingerprint density at radius 2 is 2.38 bits per heavy atom. The Kier molecular flexibility index (Phi) is 3.50. The van der Waals surface area contributed by atoms with Gasteiger partial charge in [0.25, 0.3) is 5.56 Å². The van der Waals surface area contributed by atoms with Crippen LogP contribution >= 0.6 is 23.1 Å². The van der Waals surface area contributed by atoms with Gasteiger partial charge in [0.05, 0.1) is 0 Å². The Labute approximate surface area is 83.5 Å². The quantitative estimate of drug-likeness (QED) is 0.837. The average Bonchev–Trinajstić information content (AvgIpc) is 2.29. The molecule has 0 aromatic carbocycles. The maximum absolute atomic E-state index is 11.1. The van der Waals surface area contributed by atoms with E-state index in [2.05, 4.69) is 0 Å². The second-order valence-electron chi connectivity index (χ2n) is 2.48. The second kappa shape index (κ2) is 4.43. The lowest BCUT2D eigenvalue weighted by atomic mass is 10.3. The highest BCUT2D eigenvalue weighted by atomic mass is 35.5. The average molecular weight is 222 g/mol. The first-order chi connectivity index (χ1) is 6.09. The summed E-state index contributed by atoms with van der Waals surface area (Å²) in [6.07, 6.45) is 0.522. The number of nitrogens with zero attached hydrogens (tertiary/aromatic N) is 1. The number of carbonyl (C=O) groups is 1. The Morgan fingerprint density at radius 1 is 1.69 bits per heavy atom. The summed E-state index contributed by atoms with van der Waals surface area (Å²) in [6, 6.07) is 1.33. The Hall–Kier alpha value is -0.810. The van der Waals surface area contributed by atoms with E-state index in [9.17, 15) is 9.59 Å². The molecule has 0 amide bonds. The van der Waals surface area contributed by atoms with Crippen LogP contribution in [0.1, 0.15) is 12.8 Å². The van der Waals surface area contributed by atoms with Gasteiger partial charge in [-0.2, -0.15) is 0 Å². The molecule has 13 heavy (non-hydrogen) atoms. The third-order valence-electron chi connectivity index (χ3n) is 1.43. The molecule has 72 valence electrons. The summed E-state index contributed by atoms with van der Waals surface area (Å²) < 4.78 is 1.88. The molecule has 1 aromatic heterocycles. The molecule has 0 bridgehead atoms. The zero-order valence-electron chi connectivity index (χ0n) is 6.70. The fourth-order valence-electron chi connectivity index (χ4n) is 0.875. The molecular formula is C7H8ClNO3S. The van der Waals surface area contributed by atoms with Gasteiger partial charge in [0.15, 0.2) is 0 Å². The number of aromatic nitrogens is 1. The maximum atomic E-state index is 11.1. The molecule has 0 aliphatic heterocycles. The minimum absolute atomic E-state index is 0.0714. The van der Waals surface area contributed by atoms with Crippen molar-refractivity contribution in [2.24, 2.45) is 0 Å². The maximum Gasteiger partial charge on any atom is 0.303 e. The first-order valence-electron chi connectivity index (χ1n) is 3.68. The van der Waals surface area contributed by atoms with Gasteiger partial charge in [-0.3, -0.25) is 13.5 Å². The topological polar surface area (TPSA) is 59.3 Å². The molecule has 4 nitrogen and oxygen atoms in total. The van der Waals surface area contributed by atoms with Crippen LogP contribution in [0, 0.1) is 0 Å². The predicted octanol–water partition coefficient (Wildman–Crippen LogP) is 1.43. The second-order valence-corrected chi connectivity index (χ2v) is 4.17. The normalized spacial score (nSPS) is 10.2. The van der Waals surface area contributed by atoms with E-state index in [1.165, 1.54) is 10.0 Å². The summed E-state index contributed by atoms with van der Waals surface area (Å²) in [5.74, 6) is -0.851. The van der Waals surface area contributed by atoms with Crippen LogP contribution in [0.25, 0.3) is 0 Å². The zero-order chi connectivity index (χ0) is 9.84. The molecule has 0 saturated heterocycles. The Balaban J connectivity index is 2.50. The van der Waals surface area contributed by atoms with E-state index >= 15 is 0 Å². The lowest BCUT2D eigenvalue weighted by Crippen LogP contribution is -2.12. The molecule has 1 rings (SSSR count). The fourth-order valence-corrected chi connectivity index (χ4v) is 1.95. The first kappa shape index (κ1) is 10.3. The molecule has 1 N–H and O–H groups in total. The Morgan fingerprint density at radius 3 is 2.85 bits per heavy atom. The summed E-state index contributed by atoms with van der Waals surface area (Å²) in [7, 11) is 0. The van der Waals surface area contributed by atoms with Crippen LogP contribution < -0.4 is 5.56 Å². The molecule has 0 atom stereocenters. The standard InChI is InChI=1S/C7H8ClNO3S/c8-5-4-6(10)9(13-5)3-1-2-7(11)12/h4H,1-3H2,(H,11,12). The zero-order valence-corrected chi connectivity index (χ0v) is 8.27. The molecule has 0 fully saturated rings. The van der Waals surface area contributed by atoms with Crippen LogP contribution in [0.4, 0.5) is 0 Å². The van der Waals surface area contributed by atoms with Crippen molar-refractivity contribution in [3.63, 3.8) is 0 Å². The van der Waals surface area contributed by atoms with Crippen molar-refractivity contribution in [3.8, 4) is 0 Å². The van der Waals surface area contributed by atoms with Crippen LogP contribution in [0.15, 0.2) is 10.9 Å². The predicted molar refractivity (Wildman–Crippen MR) is 50.5 cm³/mol. The number of carboxylic acids is 1. The molecule has 0 unspecified atom stereocenters.